The molecule has 2 aromatic carbocycles. The number of benzene rings is 2. The molecule has 1 aromatic heterocycles. The largest absolute Gasteiger partial charge is 0.497 e. The summed E-state index contributed by atoms with van der Waals surface area (Å²) in [5, 5.41) is 3.37. The Morgan fingerprint density at radius 1 is 1.17 bits per heavy atom. The predicted octanol–water partition coefficient (Wildman–Crippen LogP) is 4.47. The third kappa shape index (κ3) is 3.56. The lowest BCUT2D eigenvalue weighted by Gasteiger charge is -2.09. The van der Waals surface area contributed by atoms with Crippen molar-refractivity contribution in [3.8, 4) is 17.0 Å². The van der Waals surface area contributed by atoms with Gasteiger partial charge in [0, 0.05) is 23.6 Å². The smallest absolute Gasteiger partial charge is 0.203 e. The van der Waals surface area contributed by atoms with Crippen LogP contribution in [0.5, 0.6) is 5.75 Å². The third-order valence-corrected chi connectivity index (χ3v) is 4.21. The first-order valence-electron chi connectivity index (χ1n) is 7.32. The minimum Gasteiger partial charge on any atom is -0.497 e. The first kappa shape index (κ1) is 15.6. The van der Waals surface area contributed by atoms with Crippen molar-refractivity contribution >= 4 is 21.9 Å². The highest BCUT2D eigenvalue weighted by molar-refractivity contribution is 9.10. The van der Waals surface area contributed by atoms with Gasteiger partial charge < -0.3 is 14.6 Å². The van der Waals surface area contributed by atoms with Crippen molar-refractivity contribution in [3.05, 3.63) is 64.8 Å². The number of hydrogen-bond donors (Lipinski definition) is 1. The number of ether oxygens (including phenoxy) is 1. The van der Waals surface area contributed by atoms with Gasteiger partial charge in [-0.25, -0.2) is 4.98 Å². The van der Waals surface area contributed by atoms with E-state index in [4.69, 9.17) is 4.74 Å². The van der Waals surface area contributed by atoms with Crippen LogP contribution in [0.15, 0.2) is 59.2 Å². The van der Waals surface area contributed by atoms with Crippen molar-refractivity contribution in [2.75, 3.05) is 12.4 Å². The van der Waals surface area contributed by atoms with Gasteiger partial charge in [0.2, 0.25) is 5.95 Å². The minimum absolute atomic E-state index is 0.715. The highest BCUT2D eigenvalue weighted by Crippen LogP contribution is 2.25. The van der Waals surface area contributed by atoms with Crippen LogP contribution in [-0.2, 0) is 13.6 Å². The second kappa shape index (κ2) is 6.87. The zero-order valence-electron chi connectivity index (χ0n) is 13.1. The quantitative estimate of drug-likeness (QED) is 0.718. The number of methoxy groups -OCH3 is 1. The van der Waals surface area contributed by atoms with Gasteiger partial charge in [0.1, 0.15) is 5.75 Å². The average molecular weight is 372 g/mol. The highest BCUT2D eigenvalue weighted by Gasteiger charge is 2.08. The molecule has 0 radical (unpaired) electrons. The lowest BCUT2D eigenvalue weighted by molar-refractivity contribution is 0.414. The molecule has 5 heteroatoms. The van der Waals surface area contributed by atoms with Gasteiger partial charge in [-0.05, 0) is 29.8 Å². The summed E-state index contributed by atoms with van der Waals surface area (Å²) in [5.41, 5.74) is 3.38. The minimum atomic E-state index is 0.715. The molecule has 1 N–H and O–H groups in total. The van der Waals surface area contributed by atoms with Crippen molar-refractivity contribution in [1.29, 1.82) is 0 Å². The van der Waals surface area contributed by atoms with Crippen LogP contribution in [0.3, 0.4) is 0 Å². The molecule has 23 heavy (non-hydrogen) atoms. The fraction of sp³-hybridized carbons (Fsp3) is 0.167. The van der Waals surface area contributed by atoms with Crippen molar-refractivity contribution in [1.82, 2.24) is 9.55 Å². The van der Waals surface area contributed by atoms with E-state index in [-0.39, 0.29) is 0 Å². The summed E-state index contributed by atoms with van der Waals surface area (Å²) in [6.45, 7) is 0.715. The normalized spacial score (nSPS) is 10.6. The summed E-state index contributed by atoms with van der Waals surface area (Å²) in [5.74, 6) is 1.71. The lowest BCUT2D eigenvalue weighted by atomic mass is 10.2. The Morgan fingerprint density at radius 2 is 1.96 bits per heavy atom. The first-order chi connectivity index (χ1) is 11.2. The maximum atomic E-state index is 5.17. The van der Waals surface area contributed by atoms with Gasteiger partial charge in [-0.1, -0.05) is 40.2 Å². The zero-order chi connectivity index (χ0) is 16.2. The summed E-state index contributed by atoms with van der Waals surface area (Å²) in [7, 11) is 3.68. The van der Waals surface area contributed by atoms with Crippen molar-refractivity contribution in [2.24, 2.45) is 7.05 Å². The third-order valence-electron chi connectivity index (χ3n) is 3.72. The number of imidazole rings is 1. The molecule has 0 amide bonds. The maximum absolute atomic E-state index is 5.17. The van der Waals surface area contributed by atoms with Crippen LogP contribution >= 0.6 is 15.9 Å². The zero-order valence-corrected chi connectivity index (χ0v) is 14.7. The van der Waals surface area contributed by atoms with E-state index in [1.165, 1.54) is 5.56 Å². The number of rotatable bonds is 5. The molecule has 3 aromatic rings. The summed E-state index contributed by atoms with van der Waals surface area (Å²) >= 11 is 3.51. The Bertz CT molecular complexity index is 796. The highest BCUT2D eigenvalue weighted by atomic mass is 79.9. The molecule has 4 nitrogen and oxygen atoms in total. The van der Waals surface area contributed by atoms with E-state index in [9.17, 15) is 0 Å². The molecule has 0 unspecified atom stereocenters. The van der Waals surface area contributed by atoms with Crippen molar-refractivity contribution in [2.45, 2.75) is 6.54 Å². The van der Waals surface area contributed by atoms with Crippen LogP contribution in [0.25, 0.3) is 11.3 Å². The van der Waals surface area contributed by atoms with Crippen LogP contribution in [-0.4, -0.2) is 16.7 Å². The van der Waals surface area contributed by atoms with Crippen LogP contribution < -0.4 is 10.1 Å². The van der Waals surface area contributed by atoms with E-state index in [0.29, 0.717) is 6.54 Å². The summed E-state index contributed by atoms with van der Waals surface area (Å²) in [6, 6.07) is 16.2. The number of anilines is 1. The summed E-state index contributed by atoms with van der Waals surface area (Å²) in [6.07, 6.45) is 1.89. The molecule has 0 spiro atoms. The molecular weight excluding hydrogens is 354 g/mol. The second-order valence-electron chi connectivity index (χ2n) is 5.24. The Labute approximate surface area is 144 Å². The Hall–Kier alpha value is -2.27. The van der Waals surface area contributed by atoms with E-state index in [1.807, 2.05) is 49.6 Å². The molecule has 0 saturated heterocycles. The Kier molecular flexibility index (Phi) is 4.67. The van der Waals surface area contributed by atoms with Crippen molar-refractivity contribution < 1.29 is 4.74 Å². The van der Waals surface area contributed by atoms with E-state index in [2.05, 4.69) is 42.9 Å². The van der Waals surface area contributed by atoms with Crippen LogP contribution in [0.2, 0.25) is 0 Å². The van der Waals surface area contributed by atoms with Gasteiger partial charge >= 0.3 is 0 Å². The SMILES string of the molecule is COc1ccc(CNc2ncc(-c3cccc(Br)c3)n2C)cc1. The number of aromatic nitrogens is 2. The fourth-order valence-electron chi connectivity index (χ4n) is 2.41. The average Bonchev–Trinajstić information content (AvgIpc) is 2.94. The fourth-order valence-corrected chi connectivity index (χ4v) is 2.81. The van der Waals surface area contributed by atoms with E-state index in [1.54, 1.807) is 7.11 Å². The molecule has 0 aliphatic carbocycles. The van der Waals surface area contributed by atoms with Gasteiger partial charge in [-0.15, -0.1) is 0 Å². The van der Waals surface area contributed by atoms with Gasteiger partial charge in [0.15, 0.2) is 0 Å². The molecule has 0 aliphatic rings. The Morgan fingerprint density at radius 3 is 2.65 bits per heavy atom. The van der Waals surface area contributed by atoms with Gasteiger partial charge in [-0.2, -0.15) is 0 Å². The number of halogens is 1. The van der Waals surface area contributed by atoms with Gasteiger partial charge in [0.25, 0.3) is 0 Å². The summed E-state index contributed by atoms with van der Waals surface area (Å²) in [4.78, 5) is 4.48. The molecule has 0 atom stereocenters. The molecule has 0 aliphatic heterocycles. The number of hydrogen-bond acceptors (Lipinski definition) is 3. The molecule has 0 saturated carbocycles. The second-order valence-corrected chi connectivity index (χ2v) is 6.15. The monoisotopic (exact) mass is 371 g/mol. The van der Waals surface area contributed by atoms with E-state index in [0.717, 1.165) is 27.4 Å². The lowest BCUT2D eigenvalue weighted by Crippen LogP contribution is -2.05. The standard InChI is InChI=1S/C18H18BrN3O/c1-22-17(14-4-3-5-15(19)10-14)12-21-18(22)20-11-13-6-8-16(23-2)9-7-13/h3-10,12H,11H2,1-2H3,(H,20,21). The first-order valence-corrected chi connectivity index (χ1v) is 8.11. The maximum Gasteiger partial charge on any atom is 0.203 e. The van der Waals surface area contributed by atoms with Crippen LogP contribution in [0.4, 0.5) is 5.95 Å². The summed E-state index contributed by atoms with van der Waals surface area (Å²) < 4.78 is 8.29. The van der Waals surface area contributed by atoms with E-state index < -0.39 is 0 Å². The molecular formula is C18H18BrN3O. The molecule has 0 fully saturated rings. The van der Waals surface area contributed by atoms with Gasteiger partial charge in [-0.3, -0.25) is 0 Å². The Balaban J connectivity index is 1.74. The molecule has 0 bridgehead atoms. The molecule has 3 rings (SSSR count). The van der Waals surface area contributed by atoms with Crippen molar-refractivity contribution in [3.63, 3.8) is 0 Å². The van der Waals surface area contributed by atoms with Gasteiger partial charge in [0.05, 0.1) is 19.0 Å². The van der Waals surface area contributed by atoms with Crippen LogP contribution in [0.1, 0.15) is 5.56 Å². The predicted molar refractivity (Wildman–Crippen MR) is 96.7 cm³/mol. The van der Waals surface area contributed by atoms with Crippen LogP contribution in [0, 0.1) is 0 Å². The molecule has 1 heterocycles. The number of nitrogens with one attached hydrogen (secondary N) is 1. The van der Waals surface area contributed by atoms with E-state index >= 15 is 0 Å². The number of nitrogens with zero attached hydrogens (tertiary/aromatic N) is 2. The molecule has 118 valence electrons. The topological polar surface area (TPSA) is 39.1 Å².